The molecule has 0 bridgehead atoms. The molecule has 0 aliphatic carbocycles. The van der Waals surface area contributed by atoms with E-state index in [0.717, 1.165) is 12.1 Å². The summed E-state index contributed by atoms with van der Waals surface area (Å²) in [5.41, 5.74) is -1.96. The first kappa shape index (κ1) is 20.5. The van der Waals surface area contributed by atoms with Crippen LogP contribution >= 0.6 is 8.58 Å². The molecular formula is C17H17F6P. The quantitative estimate of drug-likeness (QED) is 0.196. The van der Waals surface area contributed by atoms with Crippen LogP contribution in [0.4, 0.5) is 26.3 Å². The first-order valence-electron chi connectivity index (χ1n) is 7.33. The van der Waals surface area contributed by atoms with Gasteiger partial charge in [0.2, 0.25) is 5.82 Å². The predicted molar refractivity (Wildman–Crippen MR) is 85.6 cm³/mol. The minimum absolute atomic E-state index is 0.690. The molecule has 2 rings (SSSR count). The van der Waals surface area contributed by atoms with E-state index >= 15 is 0 Å². The summed E-state index contributed by atoms with van der Waals surface area (Å²) in [5.74, 6) is -11.7. The molecule has 0 amide bonds. The van der Waals surface area contributed by atoms with Crippen LogP contribution in [0.1, 0.15) is 20.3 Å². The maximum atomic E-state index is 13.4. The van der Waals surface area contributed by atoms with Gasteiger partial charge in [0.15, 0.2) is 23.3 Å². The van der Waals surface area contributed by atoms with E-state index in [-0.39, 0.29) is 0 Å². The largest absolute Gasteiger partial charge is 0.206 e. The van der Waals surface area contributed by atoms with Gasteiger partial charge in [-0.3, -0.25) is 0 Å². The molecule has 0 N–H and O–H groups in total. The summed E-state index contributed by atoms with van der Waals surface area (Å²) in [6, 6.07) is 4.22. The summed E-state index contributed by atoms with van der Waals surface area (Å²) >= 11 is 0. The fourth-order valence-corrected chi connectivity index (χ4v) is 2.57. The van der Waals surface area contributed by atoms with Crippen LogP contribution in [0.3, 0.4) is 0 Å². The summed E-state index contributed by atoms with van der Waals surface area (Å²) in [4.78, 5) is 0. The van der Waals surface area contributed by atoms with Gasteiger partial charge in [0.25, 0.3) is 0 Å². The molecule has 0 fully saturated rings. The Morgan fingerprint density at radius 2 is 1.25 bits per heavy atom. The molecule has 2 aromatic rings. The molecule has 0 aromatic heterocycles. The molecule has 0 saturated carbocycles. The molecule has 24 heavy (non-hydrogen) atoms. The molecular weight excluding hydrogens is 349 g/mol. The number of halogens is 6. The lowest BCUT2D eigenvalue weighted by Gasteiger charge is -2.08. The van der Waals surface area contributed by atoms with Gasteiger partial charge in [-0.2, -0.15) is 0 Å². The Labute approximate surface area is 138 Å². The average Bonchev–Trinajstić information content (AvgIpc) is 2.59. The van der Waals surface area contributed by atoms with Gasteiger partial charge in [-0.1, -0.05) is 38.5 Å². The van der Waals surface area contributed by atoms with Crippen LogP contribution in [0, 0.1) is 34.9 Å². The lowest BCUT2D eigenvalue weighted by Crippen LogP contribution is -2.04. The molecule has 0 nitrogen and oxygen atoms in total. The van der Waals surface area contributed by atoms with Gasteiger partial charge in [-0.05, 0) is 18.4 Å². The SMILES string of the molecule is CCCPCC.Fc1ccccc1-c1c(F)c(F)c(F)c(F)c1F. The third-order valence-electron chi connectivity index (χ3n) is 3.03. The Morgan fingerprint density at radius 3 is 1.67 bits per heavy atom. The standard InChI is InChI=1S/C12H4F6.C5H13P/c13-6-4-2-1-3-5(6)7-8(14)10(16)12(18)11(17)9(7)15;1-3-5-6-4-2/h1-4H;6H,3-5H2,1-2H3. The number of hydrogen-bond donors (Lipinski definition) is 0. The van der Waals surface area contributed by atoms with E-state index in [2.05, 4.69) is 13.8 Å². The van der Waals surface area contributed by atoms with Gasteiger partial charge < -0.3 is 0 Å². The zero-order chi connectivity index (χ0) is 18.3. The third kappa shape index (κ3) is 4.73. The zero-order valence-electron chi connectivity index (χ0n) is 13.2. The highest BCUT2D eigenvalue weighted by Gasteiger charge is 2.27. The monoisotopic (exact) mass is 366 g/mol. The molecule has 0 aliphatic heterocycles. The van der Waals surface area contributed by atoms with E-state index in [1.54, 1.807) is 0 Å². The zero-order valence-corrected chi connectivity index (χ0v) is 14.2. The highest BCUT2D eigenvalue weighted by molar-refractivity contribution is 7.37. The van der Waals surface area contributed by atoms with E-state index in [0.29, 0.717) is 0 Å². The van der Waals surface area contributed by atoms with Crippen molar-refractivity contribution < 1.29 is 26.3 Å². The van der Waals surface area contributed by atoms with Crippen molar-refractivity contribution in [3.05, 3.63) is 59.2 Å². The normalized spacial score (nSPS) is 10.8. The molecule has 0 radical (unpaired) electrons. The van der Waals surface area contributed by atoms with Crippen LogP contribution in [0.2, 0.25) is 0 Å². The van der Waals surface area contributed by atoms with Crippen molar-refractivity contribution in [3.8, 4) is 11.1 Å². The summed E-state index contributed by atoms with van der Waals surface area (Å²) in [6.07, 6.45) is 4.19. The van der Waals surface area contributed by atoms with Crippen LogP contribution in [0.25, 0.3) is 11.1 Å². The summed E-state index contributed by atoms with van der Waals surface area (Å²) in [7, 11) is 1.21. The van der Waals surface area contributed by atoms with Gasteiger partial charge in [0.1, 0.15) is 5.82 Å². The number of benzene rings is 2. The first-order valence-corrected chi connectivity index (χ1v) is 8.75. The molecule has 0 spiro atoms. The Hall–Kier alpha value is -1.55. The van der Waals surface area contributed by atoms with E-state index in [1.165, 1.54) is 39.5 Å². The predicted octanol–water partition coefficient (Wildman–Crippen LogP) is 6.28. The maximum absolute atomic E-state index is 13.4. The second-order valence-corrected chi connectivity index (χ2v) is 6.49. The van der Waals surface area contributed by atoms with E-state index in [4.69, 9.17) is 0 Å². The third-order valence-corrected chi connectivity index (χ3v) is 4.38. The van der Waals surface area contributed by atoms with Gasteiger partial charge in [0, 0.05) is 5.56 Å². The lowest BCUT2D eigenvalue weighted by molar-refractivity contribution is 0.381. The number of rotatable bonds is 4. The minimum atomic E-state index is -2.27. The highest BCUT2D eigenvalue weighted by Crippen LogP contribution is 2.32. The van der Waals surface area contributed by atoms with Crippen molar-refractivity contribution in [3.63, 3.8) is 0 Å². The van der Waals surface area contributed by atoms with Crippen molar-refractivity contribution in [2.45, 2.75) is 20.3 Å². The maximum Gasteiger partial charge on any atom is 0.200 e. The van der Waals surface area contributed by atoms with Crippen LogP contribution in [0.5, 0.6) is 0 Å². The second kappa shape index (κ2) is 9.67. The van der Waals surface area contributed by atoms with Crippen molar-refractivity contribution in [1.29, 1.82) is 0 Å². The molecule has 132 valence electrons. The topological polar surface area (TPSA) is 0 Å². The molecule has 0 aliphatic rings. The Morgan fingerprint density at radius 1 is 0.750 bits per heavy atom. The summed E-state index contributed by atoms with van der Waals surface area (Å²) in [6.45, 7) is 4.48. The smallest absolute Gasteiger partial charge is 0.200 e. The Bertz CT molecular complexity index is 654. The molecule has 2 aromatic carbocycles. The Balaban J connectivity index is 0.000000413. The molecule has 0 saturated heterocycles. The van der Waals surface area contributed by atoms with Gasteiger partial charge in [0.05, 0.1) is 5.56 Å². The molecule has 0 heterocycles. The fourth-order valence-electron chi connectivity index (χ4n) is 1.86. The van der Waals surface area contributed by atoms with Gasteiger partial charge >= 0.3 is 0 Å². The van der Waals surface area contributed by atoms with E-state index in [9.17, 15) is 26.3 Å². The van der Waals surface area contributed by atoms with Crippen LogP contribution in [0.15, 0.2) is 24.3 Å². The van der Waals surface area contributed by atoms with Crippen LogP contribution in [-0.2, 0) is 0 Å². The second-order valence-electron chi connectivity index (χ2n) is 4.78. The molecule has 7 heteroatoms. The van der Waals surface area contributed by atoms with Crippen molar-refractivity contribution in [2.24, 2.45) is 0 Å². The molecule has 1 atom stereocenters. The van der Waals surface area contributed by atoms with Crippen LogP contribution in [-0.4, -0.2) is 12.3 Å². The fraction of sp³-hybridized carbons (Fsp3) is 0.294. The van der Waals surface area contributed by atoms with Crippen LogP contribution < -0.4 is 0 Å². The average molecular weight is 366 g/mol. The number of hydrogen-bond acceptors (Lipinski definition) is 0. The van der Waals surface area contributed by atoms with E-state index < -0.39 is 46.0 Å². The minimum Gasteiger partial charge on any atom is -0.206 e. The van der Waals surface area contributed by atoms with Crippen molar-refractivity contribution in [2.75, 3.05) is 12.3 Å². The van der Waals surface area contributed by atoms with E-state index in [1.807, 2.05) is 0 Å². The molecule has 1 unspecified atom stereocenters. The summed E-state index contributed by atoms with van der Waals surface area (Å²) < 4.78 is 78.8. The van der Waals surface area contributed by atoms with Gasteiger partial charge in [-0.15, -0.1) is 8.58 Å². The lowest BCUT2D eigenvalue weighted by atomic mass is 10.0. The Kier molecular flexibility index (Phi) is 8.26. The highest BCUT2D eigenvalue weighted by atomic mass is 31.1. The van der Waals surface area contributed by atoms with Crippen molar-refractivity contribution >= 4 is 8.58 Å². The summed E-state index contributed by atoms with van der Waals surface area (Å²) in [5, 5.41) is 0. The first-order chi connectivity index (χ1) is 11.4. The van der Waals surface area contributed by atoms with Gasteiger partial charge in [-0.25, -0.2) is 26.3 Å². The van der Waals surface area contributed by atoms with Crippen molar-refractivity contribution in [1.82, 2.24) is 0 Å².